The smallest absolute Gasteiger partial charge is 0.138 e. The molecule has 0 radical (unpaired) electrons. The minimum Gasteiger partial charge on any atom is -0.487 e. The van der Waals surface area contributed by atoms with Crippen molar-refractivity contribution in [2.75, 3.05) is 6.54 Å². The molecule has 2 atom stereocenters. The van der Waals surface area contributed by atoms with Gasteiger partial charge in [-0.1, -0.05) is 43.5 Å². The summed E-state index contributed by atoms with van der Waals surface area (Å²) in [5.41, 5.74) is 0. The predicted octanol–water partition coefficient (Wildman–Crippen LogP) is 4.42. The Morgan fingerprint density at radius 1 is 1.21 bits per heavy atom. The van der Waals surface area contributed by atoms with Gasteiger partial charge < -0.3 is 10.1 Å². The van der Waals surface area contributed by atoms with Crippen molar-refractivity contribution < 1.29 is 4.74 Å². The molecule has 1 N–H and O–H groups in total. The molecular formula is C16H24ClNO. The van der Waals surface area contributed by atoms with E-state index in [-0.39, 0.29) is 6.10 Å². The molecule has 19 heavy (non-hydrogen) atoms. The van der Waals surface area contributed by atoms with E-state index < -0.39 is 0 Å². The zero-order valence-electron chi connectivity index (χ0n) is 11.7. The molecule has 0 aromatic heterocycles. The van der Waals surface area contributed by atoms with Crippen molar-refractivity contribution in [2.24, 2.45) is 0 Å². The van der Waals surface area contributed by atoms with Gasteiger partial charge >= 0.3 is 0 Å². The molecule has 1 aromatic rings. The molecule has 0 aliphatic heterocycles. The van der Waals surface area contributed by atoms with E-state index in [1.54, 1.807) is 0 Å². The fourth-order valence-corrected chi connectivity index (χ4v) is 2.86. The fourth-order valence-electron chi connectivity index (χ4n) is 2.68. The lowest BCUT2D eigenvalue weighted by Gasteiger charge is -2.27. The molecule has 2 nitrogen and oxygen atoms in total. The van der Waals surface area contributed by atoms with Gasteiger partial charge in [0.05, 0.1) is 5.02 Å². The number of nitrogens with one attached hydrogen (secondary N) is 1. The Labute approximate surface area is 121 Å². The van der Waals surface area contributed by atoms with Crippen LogP contribution in [0.1, 0.15) is 45.4 Å². The summed E-state index contributed by atoms with van der Waals surface area (Å²) in [5.74, 6) is 0.819. The molecule has 106 valence electrons. The second kappa shape index (κ2) is 7.76. The highest BCUT2D eigenvalue weighted by molar-refractivity contribution is 6.32. The van der Waals surface area contributed by atoms with Gasteiger partial charge in [0, 0.05) is 6.04 Å². The summed E-state index contributed by atoms with van der Waals surface area (Å²) >= 11 is 6.19. The number of para-hydroxylation sites is 1. The maximum Gasteiger partial charge on any atom is 0.138 e. The van der Waals surface area contributed by atoms with Gasteiger partial charge in [0.2, 0.25) is 0 Å². The molecular weight excluding hydrogens is 258 g/mol. The predicted molar refractivity (Wildman–Crippen MR) is 81.0 cm³/mol. The number of rotatable bonds is 5. The molecule has 1 fully saturated rings. The largest absolute Gasteiger partial charge is 0.487 e. The number of halogens is 1. The van der Waals surface area contributed by atoms with Crippen LogP contribution in [0.25, 0.3) is 0 Å². The van der Waals surface area contributed by atoms with E-state index in [1.807, 2.05) is 24.3 Å². The van der Waals surface area contributed by atoms with Crippen LogP contribution in [-0.4, -0.2) is 18.7 Å². The van der Waals surface area contributed by atoms with Gasteiger partial charge in [0.25, 0.3) is 0 Å². The first-order valence-corrected chi connectivity index (χ1v) is 7.83. The third-order valence-corrected chi connectivity index (χ3v) is 4.04. The molecule has 1 aliphatic carbocycles. The third-order valence-electron chi connectivity index (χ3n) is 3.72. The first-order chi connectivity index (χ1) is 9.31. The maximum absolute atomic E-state index is 6.19. The lowest BCUT2D eigenvalue weighted by Crippen LogP contribution is -2.42. The Bertz CT molecular complexity index is 383. The standard InChI is InChI=1S/C16H24ClNO/c1-2-12-18-14-9-4-3-5-11-16(14)19-15-10-7-6-8-13(15)17/h6-8,10,14,16,18H,2-5,9,11-12H2,1H3. The Morgan fingerprint density at radius 3 is 2.79 bits per heavy atom. The Kier molecular flexibility index (Phi) is 5.99. The van der Waals surface area contributed by atoms with Crippen molar-refractivity contribution in [1.29, 1.82) is 0 Å². The highest BCUT2D eigenvalue weighted by Gasteiger charge is 2.25. The molecule has 2 rings (SSSR count). The van der Waals surface area contributed by atoms with Crippen LogP contribution in [0.2, 0.25) is 5.02 Å². The minimum atomic E-state index is 0.244. The zero-order chi connectivity index (χ0) is 13.5. The van der Waals surface area contributed by atoms with E-state index in [2.05, 4.69) is 12.2 Å². The number of benzene rings is 1. The van der Waals surface area contributed by atoms with Crippen molar-refractivity contribution in [3.05, 3.63) is 29.3 Å². The number of ether oxygens (including phenoxy) is 1. The van der Waals surface area contributed by atoms with Gasteiger partial charge in [0.15, 0.2) is 0 Å². The van der Waals surface area contributed by atoms with Crippen LogP contribution in [0.3, 0.4) is 0 Å². The van der Waals surface area contributed by atoms with E-state index in [1.165, 1.54) is 25.7 Å². The average molecular weight is 282 g/mol. The van der Waals surface area contributed by atoms with Crippen molar-refractivity contribution in [3.8, 4) is 5.75 Å². The Balaban J connectivity index is 2.03. The Morgan fingerprint density at radius 2 is 2.00 bits per heavy atom. The quantitative estimate of drug-likeness (QED) is 0.807. The Hall–Kier alpha value is -0.730. The van der Waals surface area contributed by atoms with Crippen molar-refractivity contribution >= 4 is 11.6 Å². The van der Waals surface area contributed by atoms with E-state index in [0.717, 1.165) is 25.1 Å². The molecule has 2 unspecified atom stereocenters. The van der Waals surface area contributed by atoms with Gasteiger partial charge in [-0.3, -0.25) is 0 Å². The van der Waals surface area contributed by atoms with Crippen LogP contribution in [0.4, 0.5) is 0 Å². The van der Waals surface area contributed by atoms with Gasteiger partial charge in [-0.15, -0.1) is 0 Å². The monoisotopic (exact) mass is 281 g/mol. The highest BCUT2D eigenvalue weighted by atomic mass is 35.5. The summed E-state index contributed by atoms with van der Waals surface area (Å²) in [5, 5.41) is 4.34. The van der Waals surface area contributed by atoms with Crippen LogP contribution in [0.15, 0.2) is 24.3 Å². The fraction of sp³-hybridized carbons (Fsp3) is 0.625. The zero-order valence-corrected chi connectivity index (χ0v) is 12.5. The summed E-state index contributed by atoms with van der Waals surface area (Å²) in [6.07, 6.45) is 7.58. The van der Waals surface area contributed by atoms with Crippen LogP contribution >= 0.6 is 11.6 Å². The van der Waals surface area contributed by atoms with E-state index >= 15 is 0 Å². The molecule has 0 saturated heterocycles. The van der Waals surface area contributed by atoms with Crippen molar-refractivity contribution in [2.45, 2.75) is 57.6 Å². The third kappa shape index (κ3) is 4.39. The van der Waals surface area contributed by atoms with Crippen LogP contribution in [0, 0.1) is 0 Å². The van der Waals surface area contributed by atoms with Crippen LogP contribution in [-0.2, 0) is 0 Å². The maximum atomic E-state index is 6.19. The molecule has 0 bridgehead atoms. The molecule has 0 spiro atoms. The summed E-state index contributed by atoms with van der Waals surface area (Å²) in [7, 11) is 0. The first kappa shape index (κ1) is 14.7. The lowest BCUT2D eigenvalue weighted by atomic mass is 10.1. The van der Waals surface area contributed by atoms with Crippen molar-refractivity contribution in [3.63, 3.8) is 0 Å². The molecule has 1 saturated carbocycles. The average Bonchev–Trinajstić information content (AvgIpc) is 2.64. The minimum absolute atomic E-state index is 0.244. The first-order valence-electron chi connectivity index (χ1n) is 7.46. The second-order valence-electron chi connectivity index (χ2n) is 5.29. The SMILES string of the molecule is CCCNC1CCCCCC1Oc1ccccc1Cl. The molecule has 1 aliphatic rings. The van der Waals surface area contributed by atoms with Crippen LogP contribution < -0.4 is 10.1 Å². The van der Waals surface area contributed by atoms with E-state index in [0.29, 0.717) is 11.1 Å². The van der Waals surface area contributed by atoms with Crippen LogP contribution in [0.5, 0.6) is 5.75 Å². The van der Waals surface area contributed by atoms with Gasteiger partial charge in [0.1, 0.15) is 11.9 Å². The molecule has 1 aromatic carbocycles. The topological polar surface area (TPSA) is 21.3 Å². The van der Waals surface area contributed by atoms with Gasteiger partial charge in [-0.2, -0.15) is 0 Å². The summed E-state index contributed by atoms with van der Waals surface area (Å²) in [6.45, 7) is 3.26. The molecule has 3 heteroatoms. The van der Waals surface area contributed by atoms with Gasteiger partial charge in [-0.05, 0) is 44.4 Å². The van der Waals surface area contributed by atoms with E-state index in [9.17, 15) is 0 Å². The second-order valence-corrected chi connectivity index (χ2v) is 5.69. The highest BCUT2D eigenvalue weighted by Crippen LogP contribution is 2.28. The number of hydrogen-bond acceptors (Lipinski definition) is 2. The lowest BCUT2D eigenvalue weighted by molar-refractivity contribution is 0.145. The normalized spacial score (nSPS) is 23.9. The summed E-state index contributed by atoms with van der Waals surface area (Å²) in [4.78, 5) is 0. The van der Waals surface area contributed by atoms with Gasteiger partial charge in [-0.25, -0.2) is 0 Å². The molecule has 0 heterocycles. The molecule has 0 amide bonds. The summed E-state index contributed by atoms with van der Waals surface area (Å²) in [6, 6.07) is 8.23. The van der Waals surface area contributed by atoms with Crippen molar-refractivity contribution in [1.82, 2.24) is 5.32 Å². The van der Waals surface area contributed by atoms with E-state index in [4.69, 9.17) is 16.3 Å². The number of hydrogen-bond donors (Lipinski definition) is 1. The summed E-state index contributed by atoms with van der Waals surface area (Å²) < 4.78 is 6.18.